The van der Waals surface area contributed by atoms with Crippen molar-refractivity contribution in [2.75, 3.05) is 18.4 Å². The Bertz CT molecular complexity index is 505. The molecule has 4 nitrogen and oxygen atoms in total. The van der Waals surface area contributed by atoms with Crippen LogP contribution in [-0.4, -0.2) is 24.8 Å². The molecule has 0 aromatic heterocycles. The van der Waals surface area contributed by atoms with Crippen molar-refractivity contribution in [1.82, 2.24) is 5.32 Å². The molecule has 0 bridgehead atoms. The fraction of sp³-hybridized carbons (Fsp3) is 0.562. The Labute approximate surface area is 131 Å². The number of nitrogens with one attached hydrogen (secondary N) is 2. The van der Waals surface area contributed by atoms with Crippen molar-refractivity contribution >= 4 is 23.4 Å². The third-order valence-corrected chi connectivity index (χ3v) is 3.72. The van der Waals surface area contributed by atoms with Gasteiger partial charge in [-0.15, -0.1) is 0 Å². The summed E-state index contributed by atoms with van der Waals surface area (Å²) in [5, 5.41) is 6.75. The lowest BCUT2D eigenvalue weighted by atomic mass is 9.98. The van der Waals surface area contributed by atoms with Crippen molar-refractivity contribution in [3.63, 3.8) is 0 Å². The SMILES string of the molecule is CC(C)(C)OC(=O)Nc1ccc(CC2CCNC2)c(Cl)c1. The molecule has 2 N–H and O–H groups in total. The molecule has 1 atom stereocenters. The maximum Gasteiger partial charge on any atom is 0.412 e. The van der Waals surface area contributed by atoms with E-state index in [-0.39, 0.29) is 0 Å². The lowest BCUT2D eigenvalue weighted by molar-refractivity contribution is 0.0636. The van der Waals surface area contributed by atoms with Crippen LogP contribution in [0.4, 0.5) is 10.5 Å². The van der Waals surface area contributed by atoms with Crippen LogP contribution in [0.15, 0.2) is 18.2 Å². The molecule has 1 unspecified atom stereocenters. The summed E-state index contributed by atoms with van der Waals surface area (Å²) in [6, 6.07) is 5.63. The Kier molecular flexibility index (Phi) is 5.12. The van der Waals surface area contributed by atoms with Crippen molar-refractivity contribution in [1.29, 1.82) is 0 Å². The molecule has 116 valence electrons. The van der Waals surface area contributed by atoms with Gasteiger partial charge in [-0.25, -0.2) is 4.79 Å². The van der Waals surface area contributed by atoms with E-state index < -0.39 is 11.7 Å². The van der Waals surface area contributed by atoms with Gasteiger partial charge in [0.15, 0.2) is 0 Å². The molecule has 1 aliphatic heterocycles. The number of amides is 1. The second-order valence-electron chi connectivity index (χ2n) is 6.50. The molecule has 1 aromatic rings. The van der Waals surface area contributed by atoms with Crippen LogP contribution in [0.3, 0.4) is 0 Å². The lowest BCUT2D eigenvalue weighted by Crippen LogP contribution is -2.27. The molecule has 0 aliphatic carbocycles. The molecule has 1 heterocycles. The second kappa shape index (κ2) is 6.67. The molecule has 1 amide bonds. The third-order valence-electron chi connectivity index (χ3n) is 3.37. The van der Waals surface area contributed by atoms with Gasteiger partial charge in [0.2, 0.25) is 0 Å². The molecule has 0 saturated carbocycles. The minimum Gasteiger partial charge on any atom is -0.444 e. The minimum atomic E-state index is -0.511. The Morgan fingerprint density at radius 1 is 1.48 bits per heavy atom. The number of rotatable bonds is 3. The van der Waals surface area contributed by atoms with Crippen LogP contribution < -0.4 is 10.6 Å². The maximum atomic E-state index is 11.7. The van der Waals surface area contributed by atoms with E-state index in [1.165, 1.54) is 6.42 Å². The van der Waals surface area contributed by atoms with Gasteiger partial charge in [0.05, 0.1) is 0 Å². The number of hydrogen-bond acceptors (Lipinski definition) is 3. The van der Waals surface area contributed by atoms with Crippen LogP contribution in [0, 0.1) is 5.92 Å². The van der Waals surface area contributed by atoms with Gasteiger partial charge >= 0.3 is 6.09 Å². The van der Waals surface area contributed by atoms with Crippen LogP contribution in [0.2, 0.25) is 5.02 Å². The van der Waals surface area contributed by atoms with Crippen LogP contribution in [-0.2, 0) is 11.2 Å². The standard InChI is InChI=1S/C16H23ClN2O2/c1-16(2,3)21-15(20)19-13-5-4-12(14(17)9-13)8-11-6-7-18-10-11/h4-5,9,11,18H,6-8,10H2,1-3H3,(H,19,20). The predicted octanol–water partition coefficient (Wildman–Crippen LogP) is 3.84. The van der Waals surface area contributed by atoms with E-state index in [0.717, 1.165) is 25.1 Å². The van der Waals surface area contributed by atoms with Gasteiger partial charge in [-0.05, 0) is 70.3 Å². The number of halogens is 1. The highest BCUT2D eigenvalue weighted by Gasteiger charge is 2.18. The highest BCUT2D eigenvalue weighted by atomic mass is 35.5. The van der Waals surface area contributed by atoms with E-state index in [1.54, 1.807) is 6.07 Å². The first kappa shape index (κ1) is 16.1. The molecule has 1 aromatic carbocycles. The smallest absolute Gasteiger partial charge is 0.412 e. The second-order valence-corrected chi connectivity index (χ2v) is 6.90. The van der Waals surface area contributed by atoms with E-state index in [1.807, 2.05) is 32.9 Å². The van der Waals surface area contributed by atoms with Crippen LogP contribution in [0.1, 0.15) is 32.8 Å². The predicted molar refractivity (Wildman–Crippen MR) is 86.0 cm³/mol. The van der Waals surface area contributed by atoms with Gasteiger partial charge in [0, 0.05) is 10.7 Å². The number of hydrogen-bond donors (Lipinski definition) is 2. The Morgan fingerprint density at radius 2 is 2.24 bits per heavy atom. The Balaban J connectivity index is 1.96. The molecule has 21 heavy (non-hydrogen) atoms. The summed E-state index contributed by atoms with van der Waals surface area (Å²) in [5.74, 6) is 0.646. The highest BCUT2D eigenvalue weighted by molar-refractivity contribution is 6.31. The van der Waals surface area contributed by atoms with Gasteiger partial charge < -0.3 is 10.1 Å². The zero-order chi connectivity index (χ0) is 15.5. The quantitative estimate of drug-likeness (QED) is 0.892. The molecule has 1 aliphatic rings. The zero-order valence-electron chi connectivity index (χ0n) is 12.8. The average molecular weight is 311 g/mol. The summed E-state index contributed by atoms with van der Waals surface area (Å²) < 4.78 is 5.22. The molecule has 1 saturated heterocycles. The first-order valence-corrected chi connectivity index (χ1v) is 7.70. The summed E-state index contributed by atoms with van der Waals surface area (Å²) in [7, 11) is 0. The van der Waals surface area contributed by atoms with Crippen molar-refractivity contribution in [3.8, 4) is 0 Å². The average Bonchev–Trinajstić information content (AvgIpc) is 2.83. The van der Waals surface area contributed by atoms with Gasteiger partial charge in [0.25, 0.3) is 0 Å². The lowest BCUT2D eigenvalue weighted by Gasteiger charge is -2.20. The first-order valence-electron chi connectivity index (χ1n) is 7.32. The highest BCUT2D eigenvalue weighted by Crippen LogP contribution is 2.25. The normalized spacial score (nSPS) is 18.6. The number of carbonyl (C=O) groups excluding carboxylic acids is 1. The van der Waals surface area contributed by atoms with E-state index in [9.17, 15) is 4.79 Å². The molecule has 0 spiro atoms. The summed E-state index contributed by atoms with van der Waals surface area (Å²) in [6.45, 7) is 7.63. The van der Waals surface area contributed by atoms with Gasteiger partial charge in [-0.2, -0.15) is 0 Å². The van der Waals surface area contributed by atoms with Crippen LogP contribution in [0.25, 0.3) is 0 Å². The van der Waals surface area contributed by atoms with Crippen molar-refractivity contribution < 1.29 is 9.53 Å². The number of carbonyl (C=O) groups is 1. The Hall–Kier alpha value is -1.26. The third kappa shape index (κ3) is 5.21. The Morgan fingerprint density at radius 3 is 2.81 bits per heavy atom. The van der Waals surface area contributed by atoms with E-state index in [2.05, 4.69) is 10.6 Å². The minimum absolute atomic E-state index is 0.466. The van der Waals surface area contributed by atoms with Crippen molar-refractivity contribution in [2.24, 2.45) is 5.92 Å². The molecule has 5 heteroatoms. The first-order chi connectivity index (χ1) is 9.83. The number of benzene rings is 1. The van der Waals surface area contributed by atoms with Gasteiger partial charge in [-0.3, -0.25) is 5.32 Å². The van der Waals surface area contributed by atoms with Crippen LogP contribution in [0.5, 0.6) is 0 Å². The molecular weight excluding hydrogens is 288 g/mol. The zero-order valence-corrected chi connectivity index (χ0v) is 13.6. The molecular formula is C16H23ClN2O2. The van der Waals surface area contributed by atoms with E-state index in [4.69, 9.17) is 16.3 Å². The number of anilines is 1. The van der Waals surface area contributed by atoms with E-state index in [0.29, 0.717) is 16.6 Å². The summed E-state index contributed by atoms with van der Waals surface area (Å²) in [4.78, 5) is 11.7. The van der Waals surface area contributed by atoms with E-state index >= 15 is 0 Å². The summed E-state index contributed by atoms with van der Waals surface area (Å²) >= 11 is 6.31. The monoisotopic (exact) mass is 310 g/mol. The maximum absolute atomic E-state index is 11.7. The molecule has 0 radical (unpaired) electrons. The molecule has 1 fully saturated rings. The fourth-order valence-corrected chi connectivity index (χ4v) is 2.67. The largest absolute Gasteiger partial charge is 0.444 e. The number of ether oxygens (including phenoxy) is 1. The van der Waals surface area contributed by atoms with Crippen molar-refractivity contribution in [2.45, 2.75) is 39.2 Å². The fourth-order valence-electron chi connectivity index (χ4n) is 2.41. The molecule has 2 rings (SSSR count). The summed E-state index contributed by atoms with van der Waals surface area (Å²) in [6.07, 6.45) is 1.69. The van der Waals surface area contributed by atoms with Crippen LogP contribution >= 0.6 is 11.6 Å². The van der Waals surface area contributed by atoms with Gasteiger partial charge in [0.1, 0.15) is 5.60 Å². The topological polar surface area (TPSA) is 50.4 Å². The summed E-state index contributed by atoms with van der Waals surface area (Å²) in [5.41, 5.74) is 1.27. The van der Waals surface area contributed by atoms with Gasteiger partial charge in [-0.1, -0.05) is 17.7 Å². The van der Waals surface area contributed by atoms with Crippen molar-refractivity contribution in [3.05, 3.63) is 28.8 Å².